The minimum atomic E-state index is 0.355. The predicted octanol–water partition coefficient (Wildman–Crippen LogP) is 3.84. The fourth-order valence-electron chi connectivity index (χ4n) is 3.13. The number of nitrogens with one attached hydrogen (secondary N) is 1. The van der Waals surface area contributed by atoms with Gasteiger partial charge in [0.2, 0.25) is 0 Å². The van der Waals surface area contributed by atoms with E-state index in [1.807, 2.05) is 42.5 Å². The van der Waals surface area contributed by atoms with Gasteiger partial charge in [-0.3, -0.25) is 0 Å². The van der Waals surface area contributed by atoms with Crippen LogP contribution >= 0.6 is 0 Å². The van der Waals surface area contributed by atoms with E-state index >= 15 is 0 Å². The van der Waals surface area contributed by atoms with Crippen LogP contribution in [-0.2, 0) is 6.54 Å². The van der Waals surface area contributed by atoms with Crippen molar-refractivity contribution in [3.05, 3.63) is 54.1 Å². The zero-order valence-corrected chi connectivity index (χ0v) is 15.3. The lowest BCUT2D eigenvalue weighted by Crippen LogP contribution is -2.03. The van der Waals surface area contributed by atoms with E-state index in [4.69, 9.17) is 4.74 Å². The number of hydrogen-bond acceptors (Lipinski definition) is 6. The predicted molar refractivity (Wildman–Crippen MR) is 107 cm³/mol. The largest absolute Gasteiger partial charge is 0.496 e. The van der Waals surface area contributed by atoms with Gasteiger partial charge >= 0.3 is 0 Å². The third-order valence-corrected chi connectivity index (χ3v) is 4.33. The van der Waals surface area contributed by atoms with E-state index in [2.05, 4.69) is 43.3 Å². The first kappa shape index (κ1) is 17.0. The van der Waals surface area contributed by atoms with Crippen LogP contribution in [0.15, 0.2) is 53.6 Å². The topological polar surface area (TPSA) is 77.2 Å². The molecule has 136 valence electrons. The Morgan fingerprint density at radius 1 is 1.11 bits per heavy atom. The number of rotatable bonds is 6. The number of para-hydroxylation sites is 2. The molecule has 0 aliphatic rings. The highest BCUT2D eigenvalue weighted by Crippen LogP contribution is 2.26. The molecule has 0 aliphatic carbocycles. The molecule has 7 heteroatoms. The van der Waals surface area contributed by atoms with Crippen molar-refractivity contribution in [1.29, 1.82) is 0 Å². The molecule has 0 atom stereocenters. The average Bonchev–Trinajstić information content (AvgIpc) is 3.02. The monoisotopic (exact) mass is 360 g/mol. The minimum Gasteiger partial charge on any atom is -0.496 e. The number of nitrogens with zero attached hydrogens (tertiary/aromatic N) is 5. The normalized spacial score (nSPS) is 11.5. The van der Waals surface area contributed by atoms with Crippen LogP contribution in [-0.4, -0.2) is 33.1 Å². The molecule has 0 amide bonds. The van der Waals surface area contributed by atoms with Crippen LogP contribution < -0.4 is 10.2 Å². The van der Waals surface area contributed by atoms with Crippen molar-refractivity contribution < 1.29 is 4.74 Å². The average molecular weight is 360 g/mol. The molecule has 0 unspecified atom stereocenters. The number of fused-ring (bicyclic) bond motifs is 3. The Morgan fingerprint density at radius 3 is 2.78 bits per heavy atom. The Morgan fingerprint density at radius 2 is 1.93 bits per heavy atom. The van der Waals surface area contributed by atoms with Crippen molar-refractivity contribution in [1.82, 2.24) is 19.7 Å². The van der Waals surface area contributed by atoms with E-state index in [0.29, 0.717) is 5.95 Å². The van der Waals surface area contributed by atoms with Crippen molar-refractivity contribution in [3.63, 3.8) is 0 Å². The number of methoxy groups -OCH3 is 1. The summed E-state index contributed by atoms with van der Waals surface area (Å²) in [6, 6.07) is 15.8. The van der Waals surface area contributed by atoms with E-state index in [0.717, 1.165) is 46.3 Å². The van der Waals surface area contributed by atoms with E-state index in [1.165, 1.54) is 0 Å². The Hall–Kier alpha value is -3.48. The van der Waals surface area contributed by atoms with Crippen molar-refractivity contribution in [3.8, 4) is 5.75 Å². The number of aryl methyl sites for hydroxylation is 1. The first-order valence-corrected chi connectivity index (χ1v) is 8.85. The van der Waals surface area contributed by atoms with Gasteiger partial charge in [0, 0.05) is 17.5 Å². The van der Waals surface area contributed by atoms with Gasteiger partial charge in [-0.05, 0) is 24.6 Å². The Bertz CT molecular complexity index is 1120. The molecule has 27 heavy (non-hydrogen) atoms. The van der Waals surface area contributed by atoms with Crippen LogP contribution in [0, 0.1) is 0 Å². The van der Waals surface area contributed by atoms with Gasteiger partial charge in [-0.15, -0.1) is 10.2 Å². The number of hydrazone groups is 1. The third kappa shape index (κ3) is 3.19. The van der Waals surface area contributed by atoms with Crippen LogP contribution in [0.5, 0.6) is 5.75 Å². The Labute approximate surface area is 156 Å². The Kier molecular flexibility index (Phi) is 4.65. The molecule has 4 rings (SSSR count). The number of anilines is 1. The summed E-state index contributed by atoms with van der Waals surface area (Å²) in [5.74, 6) is 1.11. The number of hydrogen-bond donors (Lipinski definition) is 1. The third-order valence-electron chi connectivity index (χ3n) is 4.33. The maximum Gasteiger partial charge on any atom is 0.265 e. The van der Waals surface area contributed by atoms with Crippen molar-refractivity contribution in [2.24, 2.45) is 5.10 Å². The summed E-state index contributed by atoms with van der Waals surface area (Å²) >= 11 is 0. The number of aromatic nitrogens is 4. The molecule has 2 aromatic carbocycles. The zero-order chi connectivity index (χ0) is 18.6. The van der Waals surface area contributed by atoms with Crippen molar-refractivity contribution in [2.75, 3.05) is 12.5 Å². The fourth-order valence-corrected chi connectivity index (χ4v) is 3.13. The van der Waals surface area contributed by atoms with Crippen LogP contribution in [0.2, 0.25) is 0 Å². The maximum absolute atomic E-state index is 5.32. The quantitative estimate of drug-likeness (QED) is 0.417. The van der Waals surface area contributed by atoms with Gasteiger partial charge in [0.25, 0.3) is 5.95 Å². The van der Waals surface area contributed by atoms with E-state index in [1.54, 1.807) is 13.3 Å². The first-order valence-electron chi connectivity index (χ1n) is 8.85. The summed E-state index contributed by atoms with van der Waals surface area (Å²) < 4.78 is 7.49. The van der Waals surface area contributed by atoms with E-state index in [9.17, 15) is 0 Å². The standard InChI is InChI=1S/C20H20N6O/c1-3-12-26-16-10-6-5-9-15(16)18-19(26)22-20(25-23-18)24-21-13-14-8-4-7-11-17(14)27-2/h4-11,13H,3,12H2,1-2H3,(H,22,24,25)/b21-13-. The molecule has 0 fully saturated rings. The molecule has 2 aromatic heterocycles. The van der Waals surface area contributed by atoms with E-state index in [-0.39, 0.29) is 0 Å². The number of benzene rings is 2. The highest BCUT2D eigenvalue weighted by atomic mass is 16.5. The van der Waals surface area contributed by atoms with Gasteiger partial charge in [-0.25, -0.2) is 5.43 Å². The van der Waals surface area contributed by atoms with Crippen molar-refractivity contribution in [2.45, 2.75) is 19.9 Å². The highest BCUT2D eigenvalue weighted by Gasteiger charge is 2.13. The van der Waals surface area contributed by atoms with Gasteiger partial charge < -0.3 is 9.30 Å². The van der Waals surface area contributed by atoms with Gasteiger partial charge in [-0.2, -0.15) is 10.1 Å². The van der Waals surface area contributed by atoms with E-state index < -0.39 is 0 Å². The molecule has 0 bridgehead atoms. The Balaban J connectivity index is 1.68. The second kappa shape index (κ2) is 7.41. The van der Waals surface area contributed by atoms with Crippen LogP contribution in [0.1, 0.15) is 18.9 Å². The molecule has 0 aliphatic heterocycles. The summed E-state index contributed by atoms with van der Waals surface area (Å²) in [6.07, 6.45) is 2.68. The smallest absolute Gasteiger partial charge is 0.265 e. The summed E-state index contributed by atoms with van der Waals surface area (Å²) in [5, 5.41) is 13.8. The lowest BCUT2D eigenvalue weighted by Gasteiger charge is -2.05. The summed E-state index contributed by atoms with van der Waals surface area (Å²) in [6.45, 7) is 3.01. The molecule has 0 saturated heterocycles. The molecule has 0 radical (unpaired) electrons. The maximum atomic E-state index is 5.32. The zero-order valence-electron chi connectivity index (χ0n) is 15.3. The SMILES string of the molecule is CCCn1c2ccccc2c2nnc(N/N=C\c3ccccc3OC)nc21. The van der Waals surface area contributed by atoms with Crippen LogP contribution in [0.4, 0.5) is 5.95 Å². The van der Waals surface area contributed by atoms with Crippen LogP contribution in [0.3, 0.4) is 0 Å². The molecule has 4 aromatic rings. The molecule has 0 saturated carbocycles. The second-order valence-electron chi connectivity index (χ2n) is 6.09. The summed E-state index contributed by atoms with van der Waals surface area (Å²) in [7, 11) is 1.63. The highest BCUT2D eigenvalue weighted by molar-refractivity contribution is 6.04. The minimum absolute atomic E-state index is 0.355. The summed E-state index contributed by atoms with van der Waals surface area (Å²) in [5.41, 5.74) is 6.46. The molecular formula is C20H20N6O. The second-order valence-corrected chi connectivity index (χ2v) is 6.09. The lowest BCUT2D eigenvalue weighted by molar-refractivity contribution is 0.414. The molecule has 2 heterocycles. The molecule has 7 nitrogen and oxygen atoms in total. The van der Waals surface area contributed by atoms with Gasteiger partial charge in [-0.1, -0.05) is 37.3 Å². The van der Waals surface area contributed by atoms with Gasteiger partial charge in [0.05, 0.1) is 18.8 Å². The van der Waals surface area contributed by atoms with Crippen LogP contribution in [0.25, 0.3) is 22.1 Å². The van der Waals surface area contributed by atoms with Gasteiger partial charge in [0.1, 0.15) is 11.3 Å². The molecular weight excluding hydrogens is 340 g/mol. The lowest BCUT2D eigenvalue weighted by atomic mass is 10.2. The first-order chi connectivity index (χ1) is 13.3. The molecule has 0 spiro atoms. The number of ether oxygens (including phenoxy) is 1. The van der Waals surface area contributed by atoms with Crippen molar-refractivity contribution >= 4 is 34.2 Å². The fraction of sp³-hybridized carbons (Fsp3) is 0.200. The summed E-state index contributed by atoms with van der Waals surface area (Å²) in [4.78, 5) is 4.64. The van der Waals surface area contributed by atoms with Gasteiger partial charge in [0.15, 0.2) is 5.65 Å². The molecule has 1 N–H and O–H groups in total.